The van der Waals surface area contributed by atoms with E-state index in [1.165, 1.54) is 71.1 Å². The molecule has 2 nitrogen and oxygen atoms in total. The van der Waals surface area contributed by atoms with Crippen molar-refractivity contribution in [2.45, 2.75) is 44.9 Å². The van der Waals surface area contributed by atoms with Crippen LogP contribution in [-0.2, 0) is 0 Å². The van der Waals surface area contributed by atoms with Gasteiger partial charge in [-0.2, -0.15) is 0 Å². The Morgan fingerprint density at radius 1 is 1.00 bits per heavy atom. The summed E-state index contributed by atoms with van der Waals surface area (Å²) >= 11 is 0. The van der Waals surface area contributed by atoms with E-state index in [1.54, 1.807) is 0 Å². The van der Waals surface area contributed by atoms with Gasteiger partial charge < -0.3 is 10.2 Å². The number of likely N-dealkylation sites (tertiary alicyclic amines) is 1. The molecule has 2 fully saturated rings. The van der Waals surface area contributed by atoms with Crippen LogP contribution in [0, 0.1) is 11.8 Å². The van der Waals surface area contributed by atoms with E-state index in [1.807, 2.05) is 0 Å². The van der Waals surface area contributed by atoms with Crippen molar-refractivity contribution in [1.29, 1.82) is 0 Å². The van der Waals surface area contributed by atoms with Crippen molar-refractivity contribution >= 4 is 0 Å². The third-order valence-electron chi connectivity index (χ3n) is 4.35. The van der Waals surface area contributed by atoms with Crippen molar-refractivity contribution < 1.29 is 0 Å². The maximum Gasteiger partial charge on any atom is 0.00224 e. The minimum Gasteiger partial charge on any atom is -0.319 e. The summed E-state index contributed by atoms with van der Waals surface area (Å²) in [6, 6.07) is 0. The molecule has 1 aliphatic heterocycles. The first-order valence-corrected chi connectivity index (χ1v) is 7.25. The summed E-state index contributed by atoms with van der Waals surface area (Å²) in [5, 5.41) is 3.32. The molecule has 1 saturated carbocycles. The van der Waals surface area contributed by atoms with Gasteiger partial charge in [-0.1, -0.05) is 25.7 Å². The van der Waals surface area contributed by atoms with Gasteiger partial charge in [0, 0.05) is 13.1 Å². The van der Waals surface area contributed by atoms with Gasteiger partial charge in [-0.15, -0.1) is 0 Å². The topological polar surface area (TPSA) is 15.3 Å². The SMILES string of the molecule is CNCC1CCN(CC2CCCCCC2)C1. The molecule has 0 aromatic heterocycles. The Hall–Kier alpha value is -0.0800. The number of rotatable bonds is 4. The Labute approximate surface area is 101 Å². The Balaban J connectivity index is 1.69. The lowest BCUT2D eigenvalue weighted by Crippen LogP contribution is -2.29. The molecule has 2 aliphatic rings. The lowest BCUT2D eigenvalue weighted by molar-refractivity contribution is 0.253. The maximum atomic E-state index is 3.32. The zero-order valence-electron chi connectivity index (χ0n) is 10.9. The van der Waals surface area contributed by atoms with Crippen molar-refractivity contribution in [3.05, 3.63) is 0 Å². The zero-order valence-corrected chi connectivity index (χ0v) is 10.9. The summed E-state index contributed by atoms with van der Waals surface area (Å²) in [7, 11) is 2.08. The lowest BCUT2D eigenvalue weighted by Gasteiger charge is -2.22. The predicted octanol–water partition coefficient (Wildman–Crippen LogP) is 2.50. The number of hydrogen-bond donors (Lipinski definition) is 1. The van der Waals surface area contributed by atoms with Gasteiger partial charge in [0.25, 0.3) is 0 Å². The molecule has 0 amide bonds. The summed E-state index contributed by atoms with van der Waals surface area (Å²) in [6.07, 6.45) is 10.3. The molecule has 1 saturated heterocycles. The molecule has 0 bridgehead atoms. The molecular weight excluding hydrogens is 196 g/mol. The minimum atomic E-state index is 0.913. The zero-order chi connectivity index (χ0) is 11.2. The van der Waals surface area contributed by atoms with Crippen LogP contribution in [0.4, 0.5) is 0 Å². The molecule has 0 aromatic rings. The van der Waals surface area contributed by atoms with Gasteiger partial charge in [-0.05, 0) is 51.2 Å². The van der Waals surface area contributed by atoms with Crippen LogP contribution in [0.15, 0.2) is 0 Å². The Bertz CT molecular complexity index is 185. The fourth-order valence-electron chi connectivity index (χ4n) is 3.45. The van der Waals surface area contributed by atoms with Crippen LogP contribution >= 0.6 is 0 Å². The van der Waals surface area contributed by atoms with E-state index >= 15 is 0 Å². The second-order valence-electron chi connectivity index (χ2n) is 5.83. The van der Waals surface area contributed by atoms with Gasteiger partial charge in [-0.25, -0.2) is 0 Å². The first-order chi connectivity index (χ1) is 7.88. The van der Waals surface area contributed by atoms with Crippen LogP contribution < -0.4 is 5.32 Å². The highest BCUT2D eigenvalue weighted by Crippen LogP contribution is 2.25. The summed E-state index contributed by atoms with van der Waals surface area (Å²) in [4.78, 5) is 2.72. The molecule has 1 N–H and O–H groups in total. The van der Waals surface area contributed by atoms with Gasteiger partial charge in [0.2, 0.25) is 0 Å². The minimum absolute atomic E-state index is 0.913. The summed E-state index contributed by atoms with van der Waals surface area (Å²) < 4.78 is 0. The van der Waals surface area contributed by atoms with E-state index in [0.717, 1.165) is 11.8 Å². The quantitative estimate of drug-likeness (QED) is 0.738. The first-order valence-electron chi connectivity index (χ1n) is 7.25. The highest BCUT2D eigenvalue weighted by Gasteiger charge is 2.24. The van der Waals surface area contributed by atoms with Crippen LogP contribution in [-0.4, -0.2) is 38.1 Å². The van der Waals surface area contributed by atoms with Crippen LogP contribution in [0.3, 0.4) is 0 Å². The fourth-order valence-corrected chi connectivity index (χ4v) is 3.45. The second-order valence-corrected chi connectivity index (χ2v) is 5.83. The van der Waals surface area contributed by atoms with E-state index in [2.05, 4.69) is 17.3 Å². The molecule has 1 unspecified atom stereocenters. The third kappa shape index (κ3) is 3.74. The van der Waals surface area contributed by atoms with Crippen LogP contribution in [0.5, 0.6) is 0 Å². The van der Waals surface area contributed by atoms with Crippen molar-refractivity contribution in [2.24, 2.45) is 11.8 Å². The second kappa shape index (κ2) is 6.61. The Kier molecular flexibility index (Phi) is 5.11. The number of nitrogens with one attached hydrogen (secondary N) is 1. The molecule has 94 valence electrons. The molecule has 0 spiro atoms. The molecule has 0 aromatic carbocycles. The number of hydrogen-bond acceptors (Lipinski definition) is 2. The van der Waals surface area contributed by atoms with E-state index in [4.69, 9.17) is 0 Å². The molecule has 2 rings (SSSR count). The molecule has 2 heteroatoms. The van der Waals surface area contributed by atoms with Crippen LogP contribution in [0.2, 0.25) is 0 Å². The normalized spacial score (nSPS) is 29.4. The summed E-state index contributed by atoms with van der Waals surface area (Å²) in [5.74, 6) is 1.92. The highest BCUT2D eigenvalue weighted by molar-refractivity contribution is 4.79. The number of nitrogens with zero attached hydrogens (tertiary/aromatic N) is 1. The smallest absolute Gasteiger partial charge is 0.00224 e. The molecule has 1 aliphatic carbocycles. The molecule has 1 heterocycles. The van der Waals surface area contributed by atoms with Gasteiger partial charge in [0.05, 0.1) is 0 Å². The van der Waals surface area contributed by atoms with E-state index in [9.17, 15) is 0 Å². The predicted molar refractivity (Wildman–Crippen MR) is 69.7 cm³/mol. The maximum absolute atomic E-state index is 3.32. The van der Waals surface area contributed by atoms with Gasteiger partial charge in [0.1, 0.15) is 0 Å². The van der Waals surface area contributed by atoms with Gasteiger partial charge >= 0.3 is 0 Å². The Morgan fingerprint density at radius 3 is 2.44 bits per heavy atom. The van der Waals surface area contributed by atoms with Crippen molar-refractivity contribution in [2.75, 3.05) is 33.2 Å². The van der Waals surface area contributed by atoms with Crippen molar-refractivity contribution in [1.82, 2.24) is 10.2 Å². The first kappa shape index (κ1) is 12.4. The average molecular weight is 224 g/mol. The van der Waals surface area contributed by atoms with Crippen LogP contribution in [0.1, 0.15) is 44.9 Å². The molecular formula is C14H28N2. The standard InChI is InChI=1S/C14H28N2/c1-15-10-14-8-9-16(12-14)11-13-6-4-2-3-5-7-13/h13-15H,2-12H2,1H3. The summed E-state index contributed by atoms with van der Waals surface area (Å²) in [5.41, 5.74) is 0. The van der Waals surface area contributed by atoms with Crippen LogP contribution in [0.25, 0.3) is 0 Å². The Morgan fingerprint density at radius 2 is 1.75 bits per heavy atom. The third-order valence-corrected chi connectivity index (χ3v) is 4.35. The molecule has 0 radical (unpaired) electrons. The fraction of sp³-hybridized carbons (Fsp3) is 1.00. The molecule has 16 heavy (non-hydrogen) atoms. The van der Waals surface area contributed by atoms with E-state index < -0.39 is 0 Å². The van der Waals surface area contributed by atoms with Gasteiger partial charge in [0.15, 0.2) is 0 Å². The van der Waals surface area contributed by atoms with E-state index in [-0.39, 0.29) is 0 Å². The lowest BCUT2D eigenvalue weighted by atomic mass is 10.00. The molecule has 1 atom stereocenters. The van der Waals surface area contributed by atoms with E-state index in [0.29, 0.717) is 0 Å². The largest absolute Gasteiger partial charge is 0.319 e. The summed E-state index contributed by atoms with van der Waals surface area (Å²) in [6.45, 7) is 5.29. The highest BCUT2D eigenvalue weighted by atomic mass is 15.1. The monoisotopic (exact) mass is 224 g/mol. The average Bonchev–Trinajstić information content (AvgIpc) is 2.56. The van der Waals surface area contributed by atoms with Gasteiger partial charge in [-0.3, -0.25) is 0 Å². The van der Waals surface area contributed by atoms with Crippen molar-refractivity contribution in [3.8, 4) is 0 Å². The van der Waals surface area contributed by atoms with Crippen molar-refractivity contribution in [3.63, 3.8) is 0 Å².